The van der Waals surface area contributed by atoms with Crippen molar-refractivity contribution >= 4 is 44.8 Å². The van der Waals surface area contributed by atoms with Gasteiger partial charge in [-0.3, -0.25) is 0 Å². The molecule has 0 saturated carbocycles. The van der Waals surface area contributed by atoms with E-state index in [0.29, 0.717) is 16.0 Å². The standard InChI is InChI=1S/C13H17BrCl2N2/c1-2-17-7-9-5-6-18(8-9)11-4-3-10(14)12(15)13(11)16/h3-4,9,17H,2,5-8H2,1H3. The van der Waals surface area contributed by atoms with Crippen LogP contribution in [-0.2, 0) is 0 Å². The van der Waals surface area contributed by atoms with Gasteiger partial charge in [0.05, 0.1) is 15.7 Å². The predicted octanol–water partition coefficient (Wildman–Crippen LogP) is 4.19. The van der Waals surface area contributed by atoms with Crippen LogP contribution in [-0.4, -0.2) is 26.2 Å². The first kappa shape index (κ1) is 14.4. The number of hydrogen-bond donors (Lipinski definition) is 1. The molecule has 0 aromatic heterocycles. The highest BCUT2D eigenvalue weighted by atomic mass is 79.9. The van der Waals surface area contributed by atoms with Gasteiger partial charge < -0.3 is 10.2 Å². The van der Waals surface area contributed by atoms with Gasteiger partial charge in [0.2, 0.25) is 0 Å². The molecule has 1 aromatic carbocycles. The Bertz CT molecular complexity index is 426. The van der Waals surface area contributed by atoms with E-state index in [1.54, 1.807) is 0 Å². The molecule has 1 saturated heterocycles. The van der Waals surface area contributed by atoms with E-state index < -0.39 is 0 Å². The number of benzene rings is 1. The van der Waals surface area contributed by atoms with Crippen molar-refractivity contribution in [3.63, 3.8) is 0 Å². The van der Waals surface area contributed by atoms with Crippen molar-refractivity contribution in [3.8, 4) is 0 Å². The lowest BCUT2D eigenvalue weighted by Gasteiger charge is -2.21. The third kappa shape index (κ3) is 3.13. The second kappa shape index (κ2) is 6.47. The van der Waals surface area contributed by atoms with E-state index in [0.717, 1.165) is 36.3 Å². The third-order valence-electron chi connectivity index (χ3n) is 3.32. The van der Waals surface area contributed by atoms with Crippen LogP contribution in [0.5, 0.6) is 0 Å². The van der Waals surface area contributed by atoms with E-state index in [1.165, 1.54) is 6.42 Å². The van der Waals surface area contributed by atoms with Crippen LogP contribution in [0.15, 0.2) is 16.6 Å². The molecule has 0 spiro atoms. The molecule has 1 heterocycles. The molecule has 1 aromatic rings. The maximum absolute atomic E-state index is 6.31. The minimum atomic E-state index is 0.601. The van der Waals surface area contributed by atoms with Crippen molar-refractivity contribution in [2.45, 2.75) is 13.3 Å². The van der Waals surface area contributed by atoms with Crippen LogP contribution in [0.2, 0.25) is 10.0 Å². The van der Waals surface area contributed by atoms with Gasteiger partial charge in [-0.05, 0) is 53.5 Å². The van der Waals surface area contributed by atoms with Crippen molar-refractivity contribution in [2.24, 2.45) is 5.92 Å². The van der Waals surface area contributed by atoms with E-state index in [1.807, 2.05) is 12.1 Å². The van der Waals surface area contributed by atoms with Gasteiger partial charge >= 0.3 is 0 Å². The third-order valence-corrected chi connectivity index (χ3v) is 5.09. The van der Waals surface area contributed by atoms with Gasteiger partial charge in [-0.25, -0.2) is 0 Å². The van der Waals surface area contributed by atoms with Crippen LogP contribution in [0.4, 0.5) is 5.69 Å². The molecule has 0 radical (unpaired) electrons. The summed E-state index contributed by atoms with van der Waals surface area (Å²) in [6.07, 6.45) is 1.21. The predicted molar refractivity (Wildman–Crippen MR) is 83.0 cm³/mol. The fourth-order valence-electron chi connectivity index (χ4n) is 2.33. The van der Waals surface area contributed by atoms with Crippen molar-refractivity contribution in [3.05, 3.63) is 26.7 Å². The monoisotopic (exact) mass is 350 g/mol. The van der Waals surface area contributed by atoms with Crippen LogP contribution in [0.1, 0.15) is 13.3 Å². The molecular formula is C13H17BrCl2N2. The SMILES string of the molecule is CCNCC1CCN(c2ccc(Br)c(Cl)c2Cl)C1. The molecule has 0 amide bonds. The van der Waals surface area contributed by atoms with Crippen LogP contribution < -0.4 is 10.2 Å². The fourth-order valence-corrected chi connectivity index (χ4v) is 3.22. The number of hydrogen-bond acceptors (Lipinski definition) is 2. The lowest BCUT2D eigenvalue weighted by molar-refractivity contribution is 0.528. The van der Waals surface area contributed by atoms with E-state index >= 15 is 0 Å². The molecule has 2 rings (SSSR count). The summed E-state index contributed by atoms with van der Waals surface area (Å²) in [5.41, 5.74) is 1.05. The van der Waals surface area contributed by atoms with E-state index in [-0.39, 0.29) is 0 Å². The van der Waals surface area contributed by atoms with Crippen LogP contribution in [0, 0.1) is 5.92 Å². The molecular weight excluding hydrogens is 335 g/mol. The number of rotatable bonds is 4. The van der Waals surface area contributed by atoms with Gasteiger partial charge in [0.15, 0.2) is 0 Å². The normalized spacial score (nSPS) is 19.6. The molecule has 1 aliphatic heterocycles. The Balaban J connectivity index is 2.07. The van der Waals surface area contributed by atoms with Crippen molar-refractivity contribution in [2.75, 3.05) is 31.1 Å². The molecule has 1 fully saturated rings. The number of nitrogens with one attached hydrogen (secondary N) is 1. The van der Waals surface area contributed by atoms with Crippen molar-refractivity contribution in [1.82, 2.24) is 5.32 Å². The van der Waals surface area contributed by atoms with Crippen molar-refractivity contribution in [1.29, 1.82) is 0 Å². The summed E-state index contributed by atoms with van der Waals surface area (Å²) in [5, 5.41) is 4.65. The molecule has 0 bridgehead atoms. The number of anilines is 1. The summed E-state index contributed by atoms with van der Waals surface area (Å²) >= 11 is 15.9. The highest BCUT2D eigenvalue weighted by Crippen LogP contribution is 2.39. The summed E-state index contributed by atoms with van der Waals surface area (Å²) in [7, 11) is 0. The highest BCUT2D eigenvalue weighted by molar-refractivity contribution is 9.10. The first-order chi connectivity index (χ1) is 8.63. The van der Waals surface area contributed by atoms with Crippen LogP contribution in [0.25, 0.3) is 0 Å². The second-order valence-corrected chi connectivity index (χ2v) is 6.21. The maximum Gasteiger partial charge on any atom is 0.0837 e. The summed E-state index contributed by atoms with van der Waals surface area (Å²) < 4.78 is 0.848. The van der Waals surface area contributed by atoms with Crippen molar-refractivity contribution < 1.29 is 0 Å². The molecule has 1 aliphatic rings. The summed E-state index contributed by atoms with van der Waals surface area (Å²) in [5.74, 6) is 0.698. The highest BCUT2D eigenvalue weighted by Gasteiger charge is 2.24. The summed E-state index contributed by atoms with van der Waals surface area (Å²) in [6.45, 7) is 6.34. The molecule has 1 N–H and O–H groups in total. The quantitative estimate of drug-likeness (QED) is 0.818. The molecule has 2 nitrogen and oxygen atoms in total. The largest absolute Gasteiger partial charge is 0.370 e. The topological polar surface area (TPSA) is 15.3 Å². The van der Waals surface area contributed by atoms with Gasteiger partial charge in [0.1, 0.15) is 0 Å². The summed E-state index contributed by atoms with van der Waals surface area (Å²) in [6, 6.07) is 4.00. The lowest BCUT2D eigenvalue weighted by atomic mass is 10.1. The summed E-state index contributed by atoms with van der Waals surface area (Å²) in [4.78, 5) is 2.32. The molecule has 1 unspecified atom stereocenters. The lowest BCUT2D eigenvalue weighted by Crippen LogP contribution is -2.26. The Kier molecular flexibility index (Phi) is 5.19. The minimum Gasteiger partial charge on any atom is -0.370 e. The Morgan fingerprint density at radius 3 is 2.89 bits per heavy atom. The van der Waals surface area contributed by atoms with Crippen LogP contribution >= 0.6 is 39.1 Å². The maximum atomic E-state index is 6.31. The van der Waals surface area contributed by atoms with Gasteiger partial charge in [-0.2, -0.15) is 0 Å². The molecule has 0 aliphatic carbocycles. The first-order valence-electron chi connectivity index (χ1n) is 6.22. The molecule has 18 heavy (non-hydrogen) atoms. The Morgan fingerprint density at radius 1 is 1.39 bits per heavy atom. The number of halogens is 3. The van der Waals surface area contributed by atoms with E-state index in [9.17, 15) is 0 Å². The van der Waals surface area contributed by atoms with Gasteiger partial charge in [-0.1, -0.05) is 30.1 Å². The zero-order valence-electron chi connectivity index (χ0n) is 10.3. The smallest absolute Gasteiger partial charge is 0.0837 e. The van der Waals surface area contributed by atoms with Crippen LogP contribution in [0.3, 0.4) is 0 Å². The average molecular weight is 352 g/mol. The minimum absolute atomic E-state index is 0.601. The first-order valence-corrected chi connectivity index (χ1v) is 7.77. The molecule has 100 valence electrons. The zero-order valence-corrected chi connectivity index (χ0v) is 13.4. The average Bonchev–Trinajstić information content (AvgIpc) is 2.82. The van der Waals surface area contributed by atoms with E-state index in [4.69, 9.17) is 23.2 Å². The zero-order chi connectivity index (χ0) is 13.1. The Hall–Kier alpha value is 0.0400. The van der Waals surface area contributed by atoms with E-state index in [2.05, 4.69) is 33.1 Å². The molecule has 5 heteroatoms. The van der Waals surface area contributed by atoms with Gasteiger partial charge in [-0.15, -0.1) is 0 Å². The fraction of sp³-hybridized carbons (Fsp3) is 0.538. The van der Waals surface area contributed by atoms with Gasteiger partial charge in [0.25, 0.3) is 0 Å². The Labute approximate surface area is 127 Å². The second-order valence-electron chi connectivity index (χ2n) is 4.60. The van der Waals surface area contributed by atoms with Gasteiger partial charge in [0, 0.05) is 17.6 Å². The Morgan fingerprint density at radius 2 is 2.17 bits per heavy atom. The molecule has 1 atom stereocenters. The number of nitrogens with zero attached hydrogens (tertiary/aromatic N) is 1.